The zero-order valence-electron chi connectivity index (χ0n) is 13.5. The fourth-order valence-corrected chi connectivity index (χ4v) is 3.90. The van der Waals surface area contributed by atoms with E-state index >= 15 is 0 Å². The van der Waals surface area contributed by atoms with Gasteiger partial charge in [0, 0.05) is 17.9 Å². The Kier molecular flexibility index (Phi) is 5.21. The lowest BCUT2D eigenvalue weighted by Crippen LogP contribution is -2.39. The molecule has 2 aromatic rings. The van der Waals surface area contributed by atoms with Gasteiger partial charge in [-0.3, -0.25) is 9.89 Å². The second-order valence-electron chi connectivity index (χ2n) is 6.64. The first-order valence-corrected chi connectivity index (χ1v) is 8.46. The predicted molar refractivity (Wildman–Crippen MR) is 97.2 cm³/mol. The third-order valence-corrected chi connectivity index (χ3v) is 5.14. The maximum absolute atomic E-state index is 12.5. The van der Waals surface area contributed by atoms with Gasteiger partial charge in [-0.1, -0.05) is 25.0 Å². The Hall–Kier alpha value is -1.85. The highest BCUT2D eigenvalue weighted by molar-refractivity contribution is 5.95. The molecule has 1 aliphatic heterocycles. The van der Waals surface area contributed by atoms with Crippen LogP contribution in [0.4, 0.5) is 5.69 Å². The molecule has 1 amide bonds. The molecule has 6 heteroatoms. The number of amides is 1. The van der Waals surface area contributed by atoms with E-state index in [1.165, 1.54) is 25.7 Å². The first kappa shape index (κ1) is 17.0. The minimum absolute atomic E-state index is 0. The molecular formula is C18H23ClN4O. The average molecular weight is 347 g/mol. The van der Waals surface area contributed by atoms with Gasteiger partial charge in [0.15, 0.2) is 0 Å². The van der Waals surface area contributed by atoms with Crippen molar-refractivity contribution in [3.05, 3.63) is 36.5 Å². The molecule has 24 heavy (non-hydrogen) atoms. The molecule has 128 valence electrons. The average Bonchev–Trinajstić information content (AvgIpc) is 3.25. The van der Waals surface area contributed by atoms with Gasteiger partial charge >= 0.3 is 0 Å². The van der Waals surface area contributed by atoms with E-state index in [1.807, 2.05) is 30.3 Å². The standard InChI is InChI=1S/C18H22N4O.ClH/c23-18(17-11-13-3-1-2-4-15(13)21-17)20-14-7-5-12(6-8-14)16-9-10-19-22-16;/h5-10,13,15,17,21H,1-4,11H2,(H,19,22)(H,20,23);1H. The maximum atomic E-state index is 12.5. The van der Waals surface area contributed by atoms with Crippen LogP contribution >= 0.6 is 12.4 Å². The highest BCUT2D eigenvalue weighted by Gasteiger charge is 2.38. The summed E-state index contributed by atoms with van der Waals surface area (Å²) in [5, 5.41) is 13.5. The van der Waals surface area contributed by atoms with Gasteiger partial charge in [-0.2, -0.15) is 5.10 Å². The summed E-state index contributed by atoms with van der Waals surface area (Å²) >= 11 is 0. The van der Waals surface area contributed by atoms with Crippen molar-refractivity contribution in [1.29, 1.82) is 0 Å². The largest absolute Gasteiger partial charge is 0.325 e. The Bertz CT molecular complexity index is 657. The number of rotatable bonds is 3. The molecule has 1 aliphatic carbocycles. The number of aromatic nitrogens is 2. The number of H-pyrrole nitrogens is 1. The van der Waals surface area contributed by atoms with E-state index in [0.29, 0.717) is 12.0 Å². The zero-order chi connectivity index (χ0) is 15.6. The van der Waals surface area contributed by atoms with Crippen molar-refractivity contribution in [2.24, 2.45) is 5.92 Å². The van der Waals surface area contributed by atoms with Crippen LogP contribution in [0.25, 0.3) is 11.3 Å². The summed E-state index contributed by atoms with van der Waals surface area (Å²) in [5.41, 5.74) is 2.88. The van der Waals surface area contributed by atoms with Gasteiger partial charge in [-0.25, -0.2) is 0 Å². The number of nitrogens with zero attached hydrogens (tertiary/aromatic N) is 1. The lowest BCUT2D eigenvalue weighted by Gasteiger charge is -2.24. The third kappa shape index (κ3) is 3.47. The van der Waals surface area contributed by atoms with E-state index in [0.717, 1.165) is 23.4 Å². The van der Waals surface area contributed by atoms with Gasteiger partial charge in [0.05, 0.1) is 11.7 Å². The molecule has 0 bridgehead atoms. The van der Waals surface area contributed by atoms with Crippen molar-refractivity contribution in [2.45, 2.75) is 44.2 Å². The van der Waals surface area contributed by atoms with E-state index in [2.05, 4.69) is 20.8 Å². The summed E-state index contributed by atoms with van der Waals surface area (Å²) < 4.78 is 0. The van der Waals surface area contributed by atoms with E-state index in [9.17, 15) is 4.79 Å². The molecule has 3 N–H and O–H groups in total. The van der Waals surface area contributed by atoms with E-state index in [4.69, 9.17) is 0 Å². The van der Waals surface area contributed by atoms with Crippen molar-refractivity contribution in [3.8, 4) is 11.3 Å². The van der Waals surface area contributed by atoms with Crippen molar-refractivity contribution < 1.29 is 4.79 Å². The zero-order valence-corrected chi connectivity index (χ0v) is 14.3. The van der Waals surface area contributed by atoms with Crippen LogP contribution in [-0.4, -0.2) is 28.2 Å². The molecule has 1 saturated heterocycles. The minimum Gasteiger partial charge on any atom is -0.325 e. The molecule has 1 aromatic heterocycles. The molecule has 2 heterocycles. The van der Waals surface area contributed by atoms with E-state index in [1.54, 1.807) is 6.20 Å². The lowest BCUT2D eigenvalue weighted by atomic mass is 9.85. The van der Waals surface area contributed by atoms with Crippen molar-refractivity contribution >= 4 is 24.0 Å². The number of hydrogen-bond acceptors (Lipinski definition) is 3. The number of hydrogen-bond donors (Lipinski definition) is 3. The van der Waals surface area contributed by atoms with Crippen LogP contribution in [0.1, 0.15) is 32.1 Å². The molecule has 2 aliphatic rings. The molecule has 0 spiro atoms. The first-order valence-electron chi connectivity index (χ1n) is 8.46. The summed E-state index contributed by atoms with van der Waals surface area (Å²) in [6, 6.07) is 10.3. The molecule has 3 unspecified atom stereocenters. The van der Waals surface area contributed by atoms with Crippen LogP contribution in [-0.2, 0) is 4.79 Å². The van der Waals surface area contributed by atoms with E-state index in [-0.39, 0.29) is 24.4 Å². The molecule has 4 rings (SSSR count). The van der Waals surface area contributed by atoms with Crippen LogP contribution in [0, 0.1) is 5.92 Å². The first-order chi connectivity index (χ1) is 11.3. The Morgan fingerprint density at radius 2 is 1.92 bits per heavy atom. The van der Waals surface area contributed by atoms with Crippen molar-refractivity contribution in [3.63, 3.8) is 0 Å². The van der Waals surface area contributed by atoms with Gasteiger partial charge in [-0.15, -0.1) is 12.4 Å². The molecule has 2 fully saturated rings. The Morgan fingerprint density at radius 3 is 2.62 bits per heavy atom. The number of halogens is 1. The van der Waals surface area contributed by atoms with Crippen LogP contribution < -0.4 is 10.6 Å². The van der Waals surface area contributed by atoms with Gasteiger partial charge in [0.25, 0.3) is 0 Å². The summed E-state index contributed by atoms with van der Waals surface area (Å²) in [5.74, 6) is 0.774. The topological polar surface area (TPSA) is 69.8 Å². The number of carbonyl (C=O) groups is 1. The smallest absolute Gasteiger partial charge is 0.241 e. The fraction of sp³-hybridized carbons (Fsp3) is 0.444. The Labute approximate surface area is 148 Å². The van der Waals surface area contributed by atoms with Gasteiger partial charge in [-0.05, 0) is 48.9 Å². The Morgan fingerprint density at radius 1 is 1.12 bits per heavy atom. The summed E-state index contributed by atoms with van der Waals surface area (Å²) in [4.78, 5) is 12.5. The highest BCUT2D eigenvalue weighted by atomic mass is 35.5. The van der Waals surface area contributed by atoms with Crippen molar-refractivity contribution in [1.82, 2.24) is 15.5 Å². The van der Waals surface area contributed by atoms with Crippen LogP contribution in [0.2, 0.25) is 0 Å². The predicted octanol–water partition coefficient (Wildman–Crippen LogP) is 3.36. The summed E-state index contributed by atoms with van der Waals surface area (Å²) in [6.45, 7) is 0. The molecule has 5 nitrogen and oxygen atoms in total. The SMILES string of the molecule is Cl.O=C(Nc1ccc(-c2ccn[nH]2)cc1)C1CC2CCCCC2N1. The van der Waals surface area contributed by atoms with Gasteiger partial charge < -0.3 is 10.6 Å². The summed E-state index contributed by atoms with van der Waals surface area (Å²) in [7, 11) is 0. The molecule has 3 atom stereocenters. The number of benzene rings is 1. The number of aromatic amines is 1. The highest BCUT2D eigenvalue weighted by Crippen LogP contribution is 2.33. The third-order valence-electron chi connectivity index (χ3n) is 5.14. The molecular weight excluding hydrogens is 324 g/mol. The van der Waals surface area contributed by atoms with Gasteiger partial charge in [0.2, 0.25) is 5.91 Å². The number of fused-ring (bicyclic) bond motifs is 1. The second-order valence-corrected chi connectivity index (χ2v) is 6.64. The quantitative estimate of drug-likeness (QED) is 0.798. The second kappa shape index (κ2) is 7.36. The molecule has 1 aromatic carbocycles. The van der Waals surface area contributed by atoms with Gasteiger partial charge in [0.1, 0.15) is 0 Å². The normalized spacial score (nSPS) is 25.6. The fourth-order valence-electron chi connectivity index (χ4n) is 3.90. The number of nitrogens with one attached hydrogen (secondary N) is 3. The van der Waals surface area contributed by atoms with Crippen LogP contribution in [0.3, 0.4) is 0 Å². The van der Waals surface area contributed by atoms with Crippen LogP contribution in [0.15, 0.2) is 36.5 Å². The Balaban J connectivity index is 0.00000169. The van der Waals surface area contributed by atoms with E-state index < -0.39 is 0 Å². The summed E-state index contributed by atoms with van der Waals surface area (Å²) in [6.07, 6.45) is 7.79. The maximum Gasteiger partial charge on any atom is 0.241 e. The number of carbonyl (C=O) groups excluding carboxylic acids is 1. The molecule has 0 radical (unpaired) electrons. The number of anilines is 1. The van der Waals surface area contributed by atoms with Crippen LogP contribution in [0.5, 0.6) is 0 Å². The monoisotopic (exact) mass is 346 g/mol. The van der Waals surface area contributed by atoms with Crippen molar-refractivity contribution in [2.75, 3.05) is 5.32 Å². The lowest BCUT2D eigenvalue weighted by molar-refractivity contribution is -0.117. The molecule has 1 saturated carbocycles. The minimum atomic E-state index is -0.0459.